The Morgan fingerprint density at radius 1 is 1.36 bits per heavy atom. The first-order valence-corrected chi connectivity index (χ1v) is 9.24. The quantitative estimate of drug-likeness (QED) is 0.764. The van der Waals surface area contributed by atoms with Gasteiger partial charge in [0.05, 0.1) is 13.2 Å². The minimum Gasteiger partial charge on any atom is -0.464 e. The molecule has 1 atom stereocenters. The Hall–Kier alpha value is -3.16. The monoisotopic (exact) mass is 384 g/mol. The zero-order valence-electron chi connectivity index (χ0n) is 16.3. The molecule has 1 aromatic heterocycles. The van der Waals surface area contributed by atoms with Gasteiger partial charge in [-0.25, -0.2) is 4.79 Å². The Labute approximate surface area is 163 Å². The Bertz CT molecular complexity index is 905. The molecule has 1 unspecified atom stereocenters. The van der Waals surface area contributed by atoms with Gasteiger partial charge in [0.25, 0.3) is 5.91 Å². The third kappa shape index (κ3) is 4.05. The minimum atomic E-state index is -0.536. The number of aromatic nitrogens is 2. The maximum Gasteiger partial charge on any atom is 0.359 e. The molecular weight excluding hydrogens is 360 g/mol. The lowest BCUT2D eigenvalue weighted by atomic mass is 10.0. The van der Waals surface area contributed by atoms with Gasteiger partial charge in [0.2, 0.25) is 5.91 Å². The van der Waals surface area contributed by atoms with Crippen molar-refractivity contribution in [2.45, 2.75) is 25.8 Å². The lowest BCUT2D eigenvalue weighted by Gasteiger charge is -2.16. The molecule has 1 saturated heterocycles. The summed E-state index contributed by atoms with van der Waals surface area (Å²) < 4.78 is 6.32. The van der Waals surface area contributed by atoms with E-state index in [1.54, 1.807) is 36.3 Å². The zero-order chi connectivity index (χ0) is 20.3. The van der Waals surface area contributed by atoms with Gasteiger partial charge in [-0.1, -0.05) is 19.1 Å². The van der Waals surface area contributed by atoms with Gasteiger partial charge >= 0.3 is 5.97 Å². The molecule has 28 heavy (non-hydrogen) atoms. The number of carbonyl (C=O) groups excluding carboxylic acids is 3. The van der Waals surface area contributed by atoms with Gasteiger partial charge in [-0.2, -0.15) is 5.10 Å². The van der Waals surface area contributed by atoms with E-state index < -0.39 is 5.97 Å². The molecule has 8 heteroatoms. The molecule has 2 amide bonds. The van der Waals surface area contributed by atoms with Crippen molar-refractivity contribution in [1.29, 1.82) is 0 Å². The van der Waals surface area contributed by atoms with Crippen molar-refractivity contribution in [2.24, 2.45) is 7.05 Å². The van der Waals surface area contributed by atoms with Crippen LogP contribution in [-0.2, 0) is 16.6 Å². The highest BCUT2D eigenvalue weighted by Crippen LogP contribution is 2.24. The number of esters is 1. The second-order valence-electron chi connectivity index (χ2n) is 6.85. The van der Waals surface area contributed by atoms with Crippen molar-refractivity contribution in [1.82, 2.24) is 20.0 Å². The van der Waals surface area contributed by atoms with Crippen molar-refractivity contribution in [2.75, 3.05) is 20.2 Å². The van der Waals surface area contributed by atoms with Crippen molar-refractivity contribution in [3.8, 4) is 11.1 Å². The lowest BCUT2D eigenvalue weighted by molar-refractivity contribution is -0.127. The molecule has 0 saturated carbocycles. The first-order chi connectivity index (χ1) is 13.4. The van der Waals surface area contributed by atoms with Crippen LogP contribution in [0, 0.1) is 0 Å². The number of rotatable bonds is 6. The van der Waals surface area contributed by atoms with Crippen LogP contribution >= 0.6 is 0 Å². The average molecular weight is 384 g/mol. The van der Waals surface area contributed by atoms with Crippen LogP contribution in [0.3, 0.4) is 0 Å². The van der Waals surface area contributed by atoms with Crippen molar-refractivity contribution < 1.29 is 19.1 Å². The highest BCUT2D eigenvalue weighted by Gasteiger charge is 2.30. The summed E-state index contributed by atoms with van der Waals surface area (Å²) in [5, 5.41) is 7.08. The van der Waals surface area contributed by atoms with Crippen LogP contribution in [0.4, 0.5) is 0 Å². The van der Waals surface area contributed by atoms with Crippen LogP contribution in [0.25, 0.3) is 11.1 Å². The lowest BCUT2D eigenvalue weighted by Crippen LogP contribution is -2.37. The number of ether oxygens (including phenoxy) is 1. The molecule has 2 heterocycles. The molecule has 1 aliphatic heterocycles. The summed E-state index contributed by atoms with van der Waals surface area (Å²) in [6, 6.07) is 6.77. The Morgan fingerprint density at radius 3 is 2.86 bits per heavy atom. The fraction of sp³-hybridized carbons (Fsp3) is 0.400. The van der Waals surface area contributed by atoms with Crippen LogP contribution < -0.4 is 5.32 Å². The maximum absolute atomic E-state index is 12.7. The summed E-state index contributed by atoms with van der Waals surface area (Å²) in [5.41, 5.74) is 1.93. The number of aryl methyl sites for hydroxylation is 1. The Balaban J connectivity index is 1.78. The standard InChI is InChI=1S/C20H24N4O4/c1-4-8-24-11-15(10-17(24)25)21-19(26)14-7-5-6-13(9-14)16-12-23(2)22-18(16)20(27)28-3/h5-7,9,12,15H,4,8,10-11H2,1-3H3,(H,21,26). The minimum absolute atomic E-state index is 0.0685. The number of nitrogens with one attached hydrogen (secondary N) is 1. The molecule has 0 spiro atoms. The molecule has 1 N–H and O–H groups in total. The van der Waals surface area contributed by atoms with E-state index in [1.165, 1.54) is 11.8 Å². The summed E-state index contributed by atoms with van der Waals surface area (Å²) in [6.45, 7) is 3.26. The number of likely N-dealkylation sites (tertiary alicyclic amines) is 1. The normalized spacial score (nSPS) is 16.3. The van der Waals surface area contributed by atoms with Crippen LogP contribution in [0.5, 0.6) is 0 Å². The third-order valence-electron chi connectivity index (χ3n) is 4.69. The highest BCUT2D eigenvalue weighted by molar-refractivity contribution is 5.98. The number of amides is 2. The number of methoxy groups -OCH3 is 1. The number of nitrogens with zero attached hydrogens (tertiary/aromatic N) is 3. The topological polar surface area (TPSA) is 93.5 Å². The molecule has 1 aliphatic rings. The molecule has 8 nitrogen and oxygen atoms in total. The molecule has 3 rings (SSSR count). The zero-order valence-corrected chi connectivity index (χ0v) is 16.3. The molecule has 1 aromatic carbocycles. The van der Waals surface area contributed by atoms with E-state index in [0.717, 1.165) is 6.42 Å². The summed E-state index contributed by atoms with van der Waals surface area (Å²) in [5.74, 6) is -0.716. The second kappa shape index (κ2) is 8.24. The summed E-state index contributed by atoms with van der Waals surface area (Å²) >= 11 is 0. The van der Waals surface area contributed by atoms with E-state index in [4.69, 9.17) is 4.74 Å². The fourth-order valence-electron chi connectivity index (χ4n) is 3.40. The van der Waals surface area contributed by atoms with E-state index in [1.807, 2.05) is 13.0 Å². The molecule has 0 aliphatic carbocycles. The van der Waals surface area contributed by atoms with Gasteiger partial charge in [-0.15, -0.1) is 0 Å². The molecule has 148 valence electrons. The van der Waals surface area contributed by atoms with Gasteiger partial charge in [0, 0.05) is 43.9 Å². The van der Waals surface area contributed by atoms with Gasteiger partial charge in [-0.05, 0) is 24.1 Å². The summed E-state index contributed by atoms with van der Waals surface area (Å²) in [4.78, 5) is 38.4. The third-order valence-corrected chi connectivity index (χ3v) is 4.69. The summed E-state index contributed by atoms with van der Waals surface area (Å²) in [6.07, 6.45) is 2.92. The number of hydrogen-bond donors (Lipinski definition) is 1. The van der Waals surface area contributed by atoms with Crippen molar-refractivity contribution >= 4 is 17.8 Å². The number of carbonyl (C=O) groups is 3. The average Bonchev–Trinajstić information content (AvgIpc) is 3.24. The molecule has 2 aromatic rings. The second-order valence-corrected chi connectivity index (χ2v) is 6.85. The van der Waals surface area contributed by atoms with Gasteiger partial charge in [0.1, 0.15) is 0 Å². The van der Waals surface area contributed by atoms with Crippen LogP contribution in [-0.4, -0.2) is 58.7 Å². The molecule has 0 radical (unpaired) electrons. The van der Waals surface area contributed by atoms with Crippen LogP contribution in [0.1, 0.15) is 40.6 Å². The van der Waals surface area contributed by atoms with E-state index in [-0.39, 0.29) is 23.6 Å². The highest BCUT2D eigenvalue weighted by atomic mass is 16.5. The molecular formula is C20H24N4O4. The van der Waals surface area contributed by atoms with E-state index in [0.29, 0.717) is 36.2 Å². The van der Waals surface area contributed by atoms with Crippen LogP contribution in [0.2, 0.25) is 0 Å². The van der Waals surface area contributed by atoms with E-state index in [2.05, 4.69) is 10.4 Å². The fourth-order valence-corrected chi connectivity index (χ4v) is 3.40. The number of hydrogen-bond acceptors (Lipinski definition) is 5. The van der Waals surface area contributed by atoms with Gasteiger partial charge in [-0.3, -0.25) is 14.3 Å². The van der Waals surface area contributed by atoms with Crippen LogP contribution in [0.15, 0.2) is 30.5 Å². The van der Waals surface area contributed by atoms with Gasteiger partial charge < -0.3 is 15.0 Å². The first-order valence-electron chi connectivity index (χ1n) is 9.24. The predicted octanol–water partition coefficient (Wildman–Crippen LogP) is 1.61. The Kier molecular flexibility index (Phi) is 5.77. The molecule has 1 fully saturated rings. The number of benzene rings is 1. The Morgan fingerprint density at radius 2 is 2.14 bits per heavy atom. The van der Waals surface area contributed by atoms with E-state index >= 15 is 0 Å². The van der Waals surface area contributed by atoms with Crippen molar-refractivity contribution in [3.05, 3.63) is 41.7 Å². The largest absolute Gasteiger partial charge is 0.464 e. The van der Waals surface area contributed by atoms with E-state index in [9.17, 15) is 14.4 Å². The SMILES string of the molecule is CCCN1CC(NC(=O)c2cccc(-c3cn(C)nc3C(=O)OC)c2)CC1=O. The smallest absolute Gasteiger partial charge is 0.359 e. The van der Waals surface area contributed by atoms with Gasteiger partial charge in [0.15, 0.2) is 5.69 Å². The predicted molar refractivity (Wildman–Crippen MR) is 103 cm³/mol. The first kappa shape index (κ1) is 19.6. The van der Waals surface area contributed by atoms with Crippen molar-refractivity contribution in [3.63, 3.8) is 0 Å². The molecule has 0 bridgehead atoms. The maximum atomic E-state index is 12.7. The summed E-state index contributed by atoms with van der Waals surface area (Å²) in [7, 11) is 3.01.